The molecule has 0 saturated carbocycles. The van der Waals surface area contributed by atoms with E-state index < -0.39 is 9.05 Å². The van der Waals surface area contributed by atoms with E-state index >= 15 is 0 Å². The molecule has 1 N–H and O–H groups in total. The van der Waals surface area contributed by atoms with Crippen LogP contribution in [0.15, 0.2) is 6.07 Å². The highest BCUT2D eigenvalue weighted by Crippen LogP contribution is 2.33. The Morgan fingerprint density at radius 3 is 2.40 bits per heavy atom. The summed E-state index contributed by atoms with van der Waals surface area (Å²) in [6.07, 6.45) is 0. The number of aryl methyl sites for hydroxylation is 1. The SMILES string of the molecule is Cc1cc(CS(=O)(=O)Cl)c(C)c(Cl)c1O. The first kappa shape index (κ1) is 12.6. The van der Waals surface area contributed by atoms with E-state index in [1.165, 1.54) is 0 Å². The number of phenolic OH excluding ortho intramolecular Hbond substituents is 1. The number of rotatable bonds is 2. The van der Waals surface area contributed by atoms with Crippen LogP contribution < -0.4 is 0 Å². The minimum absolute atomic E-state index is 0.0233. The van der Waals surface area contributed by atoms with Gasteiger partial charge in [0.05, 0.1) is 10.8 Å². The summed E-state index contributed by atoms with van der Waals surface area (Å²) in [6.45, 7) is 3.28. The maximum atomic E-state index is 10.9. The van der Waals surface area contributed by atoms with Crippen LogP contribution in [0.3, 0.4) is 0 Å². The number of hydrogen-bond acceptors (Lipinski definition) is 3. The Balaban J connectivity index is 3.33. The quantitative estimate of drug-likeness (QED) is 0.840. The zero-order valence-corrected chi connectivity index (χ0v) is 10.5. The molecule has 0 heterocycles. The maximum absolute atomic E-state index is 10.9. The third-order valence-electron chi connectivity index (χ3n) is 2.11. The molecule has 0 aromatic heterocycles. The molecule has 0 aliphatic carbocycles. The van der Waals surface area contributed by atoms with Gasteiger partial charge in [-0.3, -0.25) is 0 Å². The van der Waals surface area contributed by atoms with Crippen LogP contribution in [0.1, 0.15) is 16.7 Å². The third kappa shape index (κ3) is 3.00. The Morgan fingerprint density at radius 2 is 1.93 bits per heavy atom. The van der Waals surface area contributed by atoms with Crippen LogP contribution in [0, 0.1) is 13.8 Å². The van der Waals surface area contributed by atoms with Crippen LogP contribution in [0.2, 0.25) is 5.02 Å². The Morgan fingerprint density at radius 1 is 1.40 bits per heavy atom. The molecule has 84 valence electrons. The van der Waals surface area contributed by atoms with Crippen LogP contribution in [-0.4, -0.2) is 13.5 Å². The van der Waals surface area contributed by atoms with Gasteiger partial charge in [-0.1, -0.05) is 17.7 Å². The molecular formula is C9H10Cl2O3S. The molecule has 0 saturated heterocycles. The molecule has 3 nitrogen and oxygen atoms in total. The van der Waals surface area contributed by atoms with Crippen LogP contribution in [0.5, 0.6) is 5.75 Å². The molecule has 0 fully saturated rings. The molecule has 0 amide bonds. The fraction of sp³-hybridized carbons (Fsp3) is 0.333. The number of phenols is 1. The molecule has 0 spiro atoms. The monoisotopic (exact) mass is 268 g/mol. The fourth-order valence-electron chi connectivity index (χ4n) is 1.27. The first-order chi connectivity index (χ1) is 6.72. The van der Waals surface area contributed by atoms with Crippen molar-refractivity contribution in [1.82, 2.24) is 0 Å². The molecule has 0 aliphatic rings. The largest absolute Gasteiger partial charge is 0.506 e. The van der Waals surface area contributed by atoms with E-state index in [4.69, 9.17) is 22.3 Å². The lowest BCUT2D eigenvalue weighted by Crippen LogP contribution is -1.99. The van der Waals surface area contributed by atoms with Gasteiger partial charge in [0.15, 0.2) is 0 Å². The summed E-state index contributed by atoms with van der Waals surface area (Å²) in [6, 6.07) is 1.57. The van der Waals surface area contributed by atoms with Gasteiger partial charge in [0, 0.05) is 10.7 Å². The second-order valence-electron chi connectivity index (χ2n) is 3.32. The Labute approximate surface area is 98.1 Å². The van der Waals surface area contributed by atoms with Gasteiger partial charge in [-0.2, -0.15) is 0 Å². The first-order valence-electron chi connectivity index (χ1n) is 4.12. The summed E-state index contributed by atoms with van der Waals surface area (Å²) in [7, 11) is 1.54. The topological polar surface area (TPSA) is 54.4 Å². The molecule has 0 radical (unpaired) electrons. The zero-order valence-electron chi connectivity index (χ0n) is 8.21. The van der Waals surface area contributed by atoms with Gasteiger partial charge in [-0.15, -0.1) is 0 Å². The standard InChI is InChI=1S/C9H10Cl2O3S/c1-5-3-7(4-15(11,13)14)6(2)8(10)9(5)12/h3,12H,4H2,1-2H3. The van der Waals surface area contributed by atoms with Gasteiger partial charge in [0.1, 0.15) is 5.75 Å². The predicted octanol–water partition coefficient (Wildman–Crippen LogP) is 2.73. The van der Waals surface area contributed by atoms with E-state index in [9.17, 15) is 13.5 Å². The molecule has 1 aromatic carbocycles. The highest BCUT2D eigenvalue weighted by atomic mass is 35.7. The molecule has 0 aliphatic heterocycles. The molecule has 6 heteroatoms. The van der Waals surface area contributed by atoms with Gasteiger partial charge in [0.2, 0.25) is 9.05 Å². The highest BCUT2D eigenvalue weighted by molar-refractivity contribution is 8.13. The molecule has 1 aromatic rings. The predicted molar refractivity (Wildman–Crippen MR) is 61.1 cm³/mol. The summed E-state index contributed by atoms with van der Waals surface area (Å²) >= 11 is 5.83. The van der Waals surface area contributed by atoms with Crippen molar-refractivity contribution in [3.8, 4) is 5.75 Å². The summed E-state index contributed by atoms with van der Waals surface area (Å²) in [5.74, 6) is -0.314. The maximum Gasteiger partial charge on any atom is 0.236 e. The Hall–Kier alpha value is -0.450. The summed E-state index contributed by atoms with van der Waals surface area (Å²) in [5.41, 5.74) is 1.57. The van der Waals surface area contributed by atoms with Crippen LogP contribution in [0.25, 0.3) is 0 Å². The summed E-state index contributed by atoms with van der Waals surface area (Å²) in [4.78, 5) is 0. The van der Waals surface area contributed by atoms with Crippen molar-refractivity contribution in [2.75, 3.05) is 0 Å². The van der Waals surface area contributed by atoms with E-state index in [1.807, 2.05) is 0 Å². The highest BCUT2D eigenvalue weighted by Gasteiger charge is 2.15. The molecule has 0 atom stereocenters. The first-order valence-corrected chi connectivity index (χ1v) is 6.98. The lowest BCUT2D eigenvalue weighted by Gasteiger charge is -2.10. The summed E-state index contributed by atoms with van der Waals surface area (Å²) < 4.78 is 21.8. The number of hydrogen-bond donors (Lipinski definition) is 1. The van der Waals surface area contributed by atoms with Gasteiger partial charge in [0.25, 0.3) is 0 Å². The number of benzene rings is 1. The van der Waals surface area contributed by atoms with Crippen molar-refractivity contribution < 1.29 is 13.5 Å². The van der Waals surface area contributed by atoms with Gasteiger partial charge in [-0.25, -0.2) is 8.42 Å². The van der Waals surface area contributed by atoms with E-state index in [0.717, 1.165) is 0 Å². The van der Waals surface area contributed by atoms with Gasteiger partial charge in [-0.05, 0) is 30.5 Å². The molecule has 0 bridgehead atoms. The van der Waals surface area contributed by atoms with Crippen LogP contribution in [-0.2, 0) is 14.8 Å². The van der Waals surface area contributed by atoms with E-state index in [1.54, 1.807) is 19.9 Å². The van der Waals surface area contributed by atoms with Crippen molar-refractivity contribution in [2.24, 2.45) is 0 Å². The molecule has 15 heavy (non-hydrogen) atoms. The second kappa shape index (κ2) is 4.20. The van der Waals surface area contributed by atoms with Crippen molar-refractivity contribution in [3.63, 3.8) is 0 Å². The van der Waals surface area contributed by atoms with E-state index in [0.29, 0.717) is 16.7 Å². The smallest absolute Gasteiger partial charge is 0.236 e. The second-order valence-corrected chi connectivity index (χ2v) is 6.48. The zero-order chi connectivity index (χ0) is 11.8. The minimum Gasteiger partial charge on any atom is -0.506 e. The van der Waals surface area contributed by atoms with E-state index in [2.05, 4.69) is 0 Å². The van der Waals surface area contributed by atoms with Gasteiger partial charge < -0.3 is 5.11 Å². The molecule has 0 unspecified atom stereocenters. The lowest BCUT2D eigenvalue weighted by atomic mass is 10.1. The van der Waals surface area contributed by atoms with Crippen molar-refractivity contribution >= 4 is 31.3 Å². The normalized spacial score (nSPS) is 11.7. The minimum atomic E-state index is -3.61. The average Bonchev–Trinajstić information content (AvgIpc) is 2.08. The van der Waals surface area contributed by atoms with Crippen molar-refractivity contribution in [1.29, 1.82) is 0 Å². The van der Waals surface area contributed by atoms with Gasteiger partial charge >= 0.3 is 0 Å². The fourth-order valence-corrected chi connectivity index (χ4v) is 2.56. The molecule has 1 rings (SSSR count). The van der Waals surface area contributed by atoms with Crippen LogP contribution >= 0.6 is 22.3 Å². The molecular weight excluding hydrogens is 259 g/mol. The Kier molecular flexibility index (Phi) is 3.53. The summed E-state index contributed by atoms with van der Waals surface area (Å²) in [5, 5.41) is 9.67. The number of aromatic hydroxyl groups is 1. The Bertz CT molecular complexity index is 495. The van der Waals surface area contributed by atoms with Crippen LogP contribution in [0.4, 0.5) is 0 Å². The van der Waals surface area contributed by atoms with Crippen molar-refractivity contribution in [3.05, 3.63) is 27.8 Å². The number of halogens is 2. The third-order valence-corrected chi connectivity index (χ3v) is 3.56. The lowest BCUT2D eigenvalue weighted by molar-refractivity contribution is 0.470. The van der Waals surface area contributed by atoms with Crippen molar-refractivity contribution in [2.45, 2.75) is 19.6 Å². The van der Waals surface area contributed by atoms with E-state index in [-0.39, 0.29) is 16.5 Å². The average molecular weight is 269 g/mol.